The van der Waals surface area contributed by atoms with Gasteiger partial charge in [0.05, 0.1) is 12.9 Å². The van der Waals surface area contributed by atoms with Gasteiger partial charge in [-0.3, -0.25) is 29.2 Å². The maximum Gasteiger partial charge on any atom is 0.459 e. The predicted molar refractivity (Wildman–Crippen MR) is 125 cm³/mol. The summed E-state index contributed by atoms with van der Waals surface area (Å²) in [6.07, 6.45) is 2.76. The van der Waals surface area contributed by atoms with Crippen molar-refractivity contribution in [3.63, 3.8) is 0 Å². The molecule has 4 N–H and O–H groups in total. The molecule has 2 aromatic heterocycles. The lowest BCUT2D eigenvalue weighted by Crippen LogP contribution is -2.35. The number of hydrogen-bond donors (Lipinski definition) is 4. The van der Waals surface area contributed by atoms with E-state index in [9.17, 15) is 24.1 Å². The van der Waals surface area contributed by atoms with Crippen molar-refractivity contribution in [1.29, 1.82) is 0 Å². The second kappa shape index (κ2) is 9.98. The number of nitrogens with one attached hydrogen (secondary N) is 3. The summed E-state index contributed by atoms with van der Waals surface area (Å²) in [7, 11) is -3.98. The standard InChI is InChI=1S/C21H25N6O7P/c1-12(20(30)31)26-35(32,34-16-6-4-3-5-7-16)33-10-14-8-15(9-14)27-11-22-17-18(27)24-21(23-13(2)28)25-19(17)29/h3-7,11-12,14-15H,8-10H2,1-2H3,(H,26,32)(H,30,31)(H2,23,24,25,28,29). The fraction of sp³-hybridized carbons (Fsp3) is 0.381. The van der Waals surface area contributed by atoms with E-state index in [1.54, 1.807) is 34.9 Å². The topological polar surface area (TPSA) is 178 Å². The van der Waals surface area contributed by atoms with Crippen LogP contribution in [0.1, 0.15) is 32.7 Å². The third-order valence-corrected chi connectivity index (χ3v) is 7.15. The monoisotopic (exact) mass is 504 g/mol. The number of aromatic nitrogens is 4. The van der Waals surface area contributed by atoms with Crippen LogP contribution < -0.4 is 20.5 Å². The first-order valence-electron chi connectivity index (χ1n) is 10.9. The highest BCUT2D eigenvalue weighted by Gasteiger charge is 2.37. The molecule has 14 heteroatoms. The Kier molecular flexibility index (Phi) is 7.01. The number of rotatable bonds is 10. The summed E-state index contributed by atoms with van der Waals surface area (Å²) < 4.78 is 26.2. The maximum absolute atomic E-state index is 13.3. The van der Waals surface area contributed by atoms with Crippen molar-refractivity contribution < 1.29 is 28.3 Å². The van der Waals surface area contributed by atoms with Crippen molar-refractivity contribution in [2.24, 2.45) is 5.92 Å². The second-order valence-corrected chi connectivity index (χ2v) is 9.99. The Morgan fingerprint density at radius 3 is 2.69 bits per heavy atom. The zero-order valence-electron chi connectivity index (χ0n) is 19.0. The number of imidazole rings is 1. The number of fused-ring (bicyclic) bond motifs is 1. The van der Waals surface area contributed by atoms with Crippen LogP contribution in [0.25, 0.3) is 11.2 Å². The van der Waals surface area contributed by atoms with E-state index in [1.807, 2.05) is 0 Å². The SMILES string of the molecule is CC(=O)Nc1nc2c(ncn2C2CC(COP(=O)(NC(C)C(=O)O)Oc3ccccc3)C2)c(=O)[nH]1. The van der Waals surface area contributed by atoms with Crippen molar-refractivity contribution in [2.45, 2.75) is 38.8 Å². The molecule has 1 amide bonds. The van der Waals surface area contributed by atoms with Crippen LogP contribution in [0.15, 0.2) is 41.5 Å². The van der Waals surface area contributed by atoms with E-state index in [0.29, 0.717) is 18.5 Å². The van der Waals surface area contributed by atoms with E-state index >= 15 is 0 Å². The average molecular weight is 504 g/mol. The van der Waals surface area contributed by atoms with Crippen LogP contribution in [0.3, 0.4) is 0 Å². The van der Waals surface area contributed by atoms with Gasteiger partial charge in [-0.1, -0.05) is 18.2 Å². The van der Waals surface area contributed by atoms with Crippen molar-refractivity contribution in [3.8, 4) is 5.75 Å². The summed E-state index contributed by atoms with van der Waals surface area (Å²) in [5.74, 6) is -1.24. The van der Waals surface area contributed by atoms with Crippen molar-refractivity contribution in [2.75, 3.05) is 11.9 Å². The predicted octanol–water partition coefficient (Wildman–Crippen LogP) is 2.30. The summed E-state index contributed by atoms with van der Waals surface area (Å²) >= 11 is 0. The number of carboxylic acid groups (broad SMARTS) is 1. The Balaban J connectivity index is 1.42. The number of aliphatic carboxylic acids is 1. The van der Waals surface area contributed by atoms with Crippen molar-refractivity contribution in [3.05, 3.63) is 47.0 Å². The van der Waals surface area contributed by atoms with Crippen LogP contribution in [0.2, 0.25) is 0 Å². The van der Waals surface area contributed by atoms with Gasteiger partial charge in [0.1, 0.15) is 11.8 Å². The smallest absolute Gasteiger partial charge is 0.459 e. The number of hydrogen-bond acceptors (Lipinski definition) is 8. The quantitative estimate of drug-likeness (QED) is 0.300. The van der Waals surface area contributed by atoms with Crippen LogP contribution in [-0.2, 0) is 18.7 Å². The molecule has 2 heterocycles. The number of carboxylic acids is 1. The van der Waals surface area contributed by atoms with Gasteiger partial charge in [0.15, 0.2) is 11.2 Å². The highest BCUT2D eigenvalue weighted by atomic mass is 31.2. The Morgan fingerprint density at radius 1 is 1.31 bits per heavy atom. The molecule has 1 fully saturated rings. The number of benzene rings is 1. The number of nitrogens with zero attached hydrogens (tertiary/aromatic N) is 3. The first kappa shape index (κ1) is 24.6. The van der Waals surface area contributed by atoms with Gasteiger partial charge < -0.3 is 14.2 Å². The molecule has 2 atom stereocenters. The third-order valence-electron chi connectivity index (χ3n) is 5.50. The van der Waals surface area contributed by atoms with E-state index in [4.69, 9.17) is 9.05 Å². The Hall–Kier alpha value is -3.54. The van der Waals surface area contributed by atoms with Gasteiger partial charge in [0, 0.05) is 13.0 Å². The summed E-state index contributed by atoms with van der Waals surface area (Å²) in [5, 5.41) is 14.1. The molecule has 0 spiro atoms. The first-order valence-corrected chi connectivity index (χ1v) is 12.4. The van der Waals surface area contributed by atoms with Gasteiger partial charge in [-0.15, -0.1) is 0 Å². The van der Waals surface area contributed by atoms with E-state index in [2.05, 4.69) is 25.4 Å². The number of amides is 1. The number of aromatic amines is 1. The van der Waals surface area contributed by atoms with E-state index < -0.39 is 25.3 Å². The number of H-pyrrole nitrogens is 1. The molecule has 0 saturated heterocycles. The van der Waals surface area contributed by atoms with Crippen LogP contribution in [0.4, 0.5) is 5.95 Å². The average Bonchev–Trinajstić information content (AvgIpc) is 3.16. The fourth-order valence-corrected chi connectivity index (χ4v) is 5.26. The van der Waals surface area contributed by atoms with Crippen molar-refractivity contribution >= 4 is 36.7 Å². The molecule has 1 saturated carbocycles. The minimum Gasteiger partial charge on any atom is -0.480 e. The van der Waals surface area contributed by atoms with Crippen LogP contribution in [-0.4, -0.2) is 49.2 Å². The molecule has 0 radical (unpaired) electrons. The lowest BCUT2D eigenvalue weighted by molar-refractivity contribution is -0.138. The highest BCUT2D eigenvalue weighted by molar-refractivity contribution is 7.52. The van der Waals surface area contributed by atoms with Gasteiger partial charge >= 0.3 is 13.7 Å². The number of anilines is 1. The van der Waals surface area contributed by atoms with Crippen LogP contribution >= 0.6 is 7.75 Å². The Bertz CT molecular complexity index is 1330. The Morgan fingerprint density at radius 2 is 2.03 bits per heavy atom. The minimum absolute atomic E-state index is 0.00361. The summed E-state index contributed by atoms with van der Waals surface area (Å²) in [5.41, 5.74) is 0.0395. The third kappa shape index (κ3) is 5.76. The summed E-state index contributed by atoms with van der Waals surface area (Å²) in [6, 6.07) is 7.16. The molecule has 3 aromatic rings. The first-order chi connectivity index (χ1) is 16.6. The lowest BCUT2D eigenvalue weighted by Gasteiger charge is -2.36. The summed E-state index contributed by atoms with van der Waals surface area (Å²) in [4.78, 5) is 45.7. The molecule has 0 bridgehead atoms. The van der Waals surface area contributed by atoms with E-state index in [-0.39, 0.29) is 41.7 Å². The highest BCUT2D eigenvalue weighted by Crippen LogP contribution is 2.48. The Labute approximate surface area is 199 Å². The van der Waals surface area contributed by atoms with Gasteiger partial charge in [-0.25, -0.2) is 9.55 Å². The summed E-state index contributed by atoms with van der Waals surface area (Å²) in [6.45, 7) is 2.72. The second-order valence-electron chi connectivity index (χ2n) is 8.30. The molecule has 186 valence electrons. The molecule has 0 aliphatic heterocycles. The molecule has 1 aliphatic carbocycles. The van der Waals surface area contributed by atoms with Gasteiger partial charge in [0.2, 0.25) is 11.9 Å². The molecular weight excluding hydrogens is 479 g/mol. The largest absolute Gasteiger partial charge is 0.480 e. The molecule has 35 heavy (non-hydrogen) atoms. The number of carbonyl (C=O) groups excluding carboxylic acids is 1. The maximum atomic E-state index is 13.3. The molecule has 2 unspecified atom stereocenters. The van der Waals surface area contributed by atoms with Crippen LogP contribution in [0.5, 0.6) is 5.75 Å². The molecule has 1 aliphatic rings. The molecule has 13 nitrogen and oxygen atoms in total. The minimum atomic E-state index is -3.98. The van der Waals surface area contributed by atoms with Crippen LogP contribution in [0, 0.1) is 5.92 Å². The van der Waals surface area contributed by atoms with Gasteiger partial charge in [-0.05, 0) is 37.8 Å². The molecule has 4 rings (SSSR count). The molecule has 1 aromatic carbocycles. The van der Waals surface area contributed by atoms with Crippen molar-refractivity contribution in [1.82, 2.24) is 24.6 Å². The van der Waals surface area contributed by atoms with Gasteiger partial charge in [0.25, 0.3) is 5.56 Å². The fourth-order valence-electron chi connectivity index (χ4n) is 3.69. The van der Waals surface area contributed by atoms with E-state index in [1.165, 1.54) is 20.2 Å². The lowest BCUT2D eigenvalue weighted by atomic mass is 9.81. The van der Waals surface area contributed by atoms with Gasteiger partial charge in [-0.2, -0.15) is 10.1 Å². The zero-order chi connectivity index (χ0) is 25.2. The van der Waals surface area contributed by atoms with E-state index in [0.717, 1.165) is 0 Å². The number of carbonyl (C=O) groups is 2. The normalized spacial score (nSPS) is 19.9. The number of para-hydroxylation sites is 1. The molecular formula is C21H25N6O7P. The zero-order valence-corrected chi connectivity index (χ0v) is 19.9.